The number of ether oxygens (including phenoxy) is 1. The number of nitrogens with one attached hydrogen (secondary N) is 1. The zero-order chi connectivity index (χ0) is 14.7. The Balaban J connectivity index is 1.74. The van der Waals surface area contributed by atoms with Gasteiger partial charge in [-0.05, 0) is 52.2 Å². The lowest BCUT2D eigenvalue weighted by molar-refractivity contribution is 0.178. The van der Waals surface area contributed by atoms with Gasteiger partial charge >= 0.3 is 0 Å². The predicted octanol–water partition coefficient (Wildman–Crippen LogP) is 3.37. The van der Waals surface area contributed by atoms with E-state index in [4.69, 9.17) is 4.74 Å². The van der Waals surface area contributed by atoms with Gasteiger partial charge < -0.3 is 10.1 Å². The molecule has 21 heavy (non-hydrogen) atoms. The summed E-state index contributed by atoms with van der Waals surface area (Å²) in [5, 5.41) is 3.56. The van der Waals surface area contributed by atoms with Crippen LogP contribution in [0.2, 0.25) is 0 Å². The Kier molecular flexibility index (Phi) is 4.56. The van der Waals surface area contributed by atoms with Crippen molar-refractivity contribution in [3.63, 3.8) is 0 Å². The van der Waals surface area contributed by atoms with Crippen molar-refractivity contribution in [3.8, 4) is 5.75 Å². The van der Waals surface area contributed by atoms with Crippen LogP contribution in [0.1, 0.15) is 18.1 Å². The van der Waals surface area contributed by atoms with Crippen LogP contribution in [0.4, 0.5) is 0 Å². The van der Waals surface area contributed by atoms with E-state index in [9.17, 15) is 0 Å². The van der Waals surface area contributed by atoms with E-state index in [0.29, 0.717) is 6.04 Å². The lowest BCUT2D eigenvalue weighted by Gasteiger charge is -2.24. The summed E-state index contributed by atoms with van der Waals surface area (Å²) in [7, 11) is 0. The van der Waals surface area contributed by atoms with Gasteiger partial charge in [-0.15, -0.1) is 0 Å². The van der Waals surface area contributed by atoms with E-state index in [2.05, 4.69) is 57.4 Å². The van der Waals surface area contributed by atoms with Crippen LogP contribution in [-0.2, 0) is 12.8 Å². The SMILES string of the molecule is CCNC(Cc1cncc(Br)c1)C1Cc2ccccc2O1. The summed E-state index contributed by atoms with van der Waals surface area (Å²) in [4.78, 5) is 4.25. The van der Waals surface area contributed by atoms with Crippen molar-refractivity contribution >= 4 is 15.9 Å². The largest absolute Gasteiger partial charge is 0.488 e. The molecule has 3 rings (SSSR count). The first-order valence-electron chi connectivity index (χ1n) is 7.33. The Labute approximate surface area is 133 Å². The average Bonchev–Trinajstić information content (AvgIpc) is 2.91. The maximum Gasteiger partial charge on any atom is 0.123 e. The molecule has 4 heteroatoms. The quantitative estimate of drug-likeness (QED) is 0.901. The zero-order valence-corrected chi connectivity index (χ0v) is 13.6. The molecular weight excluding hydrogens is 328 g/mol. The molecule has 1 aliphatic rings. The standard InChI is InChI=1S/C17H19BrN2O/c1-2-20-15(8-12-7-14(18)11-19-10-12)17-9-13-5-3-4-6-16(13)21-17/h3-7,10-11,15,17,20H,2,8-9H2,1H3. The first-order valence-corrected chi connectivity index (χ1v) is 8.13. The van der Waals surface area contributed by atoms with Crippen molar-refractivity contribution in [3.05, 3.63) is 58.3 Å². The first-order chi connectivity index (χ1) is 10.3. The highest BCUT2D eigenvalue weighted by atomic mass is 79.9. The molecule has 1 aliphatic heterocycles. The number of nitrogens with zero attached hydrogens (tertiary/aromatic N) is 1. The number of para-hydroxylation sites is 1. The van der Waals surface area contributed by atoms with E-state index in [1.165, 1.54) is 11.1 Å². The summed E-state index contributed by atoms with van der Waals surface area (Å²) >= 11 is 3.48. The molecule has 1 aromatic carbocycles. The molecule has 0 amide bonds. The van der Waals surface area contributed by atoms with Gasteiger partial charge in [-0.25, -0.2) is 0 Å². The van der Waals surface area contributed by atoms with Gasteiger partial charge in [0.15, 0.2) is 0 Å². The van der Waals surface area contributed by atoms with Gasteiger partial charge in [0.25, 0.3) is 0 Å². The molecule has 2 unspecified atom stereocenters. The zero-order valence-electron chi connectivity index (χ0n) is 12.1. The van der Waals surface area contributed by atoms with E-state index >= 15 is 0 Å². The minimum Gasteiger partial charge on any atom is -0.488 e. The molecule has 0 saturated heterocycles. The molecule has 1 aromatic heterocycles. The molecule has 110 valence electrons. The van der Waals surface area contributed by atoms with Crippen LogP contribution >= 0.6 is 15.9 Å². The lowest BCUT2D eigenvalue weighted by atomic mass is 9.98. The van der Waals surface area contributed by atoms with E-state index in [1.807, 2.05) is 18.5 Å². The van der Waals surface area contributed by atoms with Crippen molar-refractivity contribution in [2.24, 2.45) is 0 Å². The summed E-state index contributed by atoms with van der Waals surface area (Å²) in [5.74, 6) is 1.03. The minimum absolute atomic E-state index is 0.182. The summed E-state index contributed by atoms with van der Waals surface area (Å²) in [6, 6.07) is 10.7. The Hall–Kier alpha value is -1.39. The van der Waals surface area contributed by atoms with Crippen LogP contribution in [0.25, 0.3) is 0 Å². The van der Waals surface area contributed by atoms with E-state index in [1.54, 1.807) is 0 Å². The molecule has 2 heterocycles. The fraction of sp³-hybridized carbons (Fsp3) is 0.353. The second-order valence-corrected chi connectivity index (χ2v) is 6.26. The van der Waals surface area contributed by atoms with Crippen molar-refractivity contribution in [1.29, 1.82) is 0 Å². The van der Waals surface area contributed by atoms with Crippen LogP contribution in [0, 0.1) is 0 Å². The van der Waals surface area contributed by atoms with E-state index < -0.39 is 0 Å². The predicted molar refractivity (Wildman–Crippen MR) is 87.7 cm³/mol. The van der Waals surface area contributed by atoms with Crippen molar-refractivity contribution in [2.75, 3.05) is 6.54 Å². The topological polar surface area (TPSA) is 34.2 Å². The van der Waals surface area contributed by atoms with Gasteiger partial charge in [-0.1, -0.05) is 25.1 Å². The van der Waals surface area contributed by atoms with E-state index in [-0.39, 0.29) is 6.10 Å². The Morgan fingerprint density at radius 1 is 1.38 bits per heavy atom. The van der Waals surface area contributed by atoms with Gasteiger partial charge in [0.05, 0.1) is 0 Å². The number of hydrogen-bond acceptors (Lipinski definition) is 3. The van der Waals surface area contributed by atoms with Crippen LogP contribution in [-0.4, -0.2) is 23.7 Å². The third kappa shape index (κ3) is 3.44. The number of benzene rings is 1. The van der Waals surface area contributed by atoms with Crippen LogP contribution in [0.5, 0.6) is 5.75 Å². The van der Waals surface area contributed by atoms with Gasteiger partial charge in [0, 0.05) is 29.3 Å². The van der Waals surface area contributed by atoms with Gasteiger partial charge in [-0.2, -0.15) is 0 Å². The normalized spacial score (nSPS) is 18.1. The monoisotopic (exact) mass is 346 g/mol. The summed E-state index contributed by atoms with van der Waals surface area (Å²) in [6.07, 6.45) is 5.81. The maximum atomic E-state index is 6.13. The molecule has 0 radical (unpaired) electrons. The van der Waals surface area contributed by atoms with Crippen molar-refractivity contribution in [2.45, 2.75) is 31.9 Å². The highest BCUT2D eigenvalue weighted by Gasteiger charge is 2.29. The van der Waals surface area contributed by atoms with Gasteiger partial charge in [0.2, 0.25) is 0 Å². The highest BCUT2D eigenvalue weighted by Crippen LogP contribution is 2.30. The number of hydrogen-bond donors (Lipinski definition) is 1. The second-order valence-electron chi connectivity index (χ2n) is 5.35. The molecule has 2 atom stereocenters. The van der Waals surface area contributed by atoms with Crippen molar-refractivity contribution < 1.29 is 4.74 Å². The molecular formula is C17H19BrN2O. The molecule has 0 fully saturated rings. The Bertz CT molecular complexity index is 592. The lowest BCUT2D eigenvalue weighted by Crippen LogP contribution is -2.44. The van der Waals surface area contributed by atoms with Crippen LogP contribution in [0.3, 0.4) is 0 Å². The molecule has 0 bridgehead atoms. The fourth-order valence-corrected chi connectivity index (χ4v) is 3.26. The number of fused-ring (bicyclic) bond motifs is 1. The number of pyridine rings is 1. The Morgan fingerprint density at radius 2 is 2.24 bits per heavy atom. The molecule has 0 aliphatic carbocycles. The minimum atomic E-state index is 0.182. The smallest absolute Gasteiger partial charge is 0.123 e. The highest BCUT2D eigenvalue weighted by molar-refractivity contribution is 9.10. The number of likely N-dealkylation sites (N-methyl/N-ethyl adjacent to an activating group) is 1. The van der Waals surface area contributed by atoms with E-state index in [0.717, 1.165) is 29.6 Å². The van der Waals surface area contributed by atoms with Crippen molar-refractivity contribution in [1.82, 2.24) is 10.3 Å². The second kappa shape index (κ2) is 6.58. The first kappa shape index (κ1) is 14.5. The fourth-order valence-electron chi connectivity index (χ4n) is 2.85. The maximum absolute atomic E-state index is 6.13. The van der Waals surface area contributed by atoms with Crippen LogP contribution < -0.4 is 10.1 Å². The third-order valence-electron chi connectivity index (χ3n) is 3.80. The number of rotatable bonds is 5. The number of halogens is 1. The average molecular weight is 347 g/mol. The summed E-state index contributed by atoms with van der Waals surface area (Å²) in [6.45, 7) is 3.07. The molecule has 0 saturated carbocycles. The molecule has 1 N–H and O–H groups in total. The Morgan fingerprint density at radius 3 is 3.00 bits per heavy atom. The molecule has 3 nitrogen and oxygen atoms in total. The summed E-state index contributed by atoms with van der Waals surface area (Å²) in [5.41, 5.74) is 2.52. The molecule has 2 aromatic rings. The van der Waals surface area contributed by atoms with Crippen LogP contribution in [0.15, 0.2) is 47.2 Å². The third-order valence-corrected chi connectivity index (χ3v) is 4.24. The number of aromatic nitrogens is 1. The summed E-state index contributed by atoms with van der Waals surface area (Å²) < 4.78 is 7.15. The van der Waals surface area contributed by atoms with Gasteiger partial charge in [-0.3, -0.25) is 4.98 Å². The molecule has 0 spiro atoms. The van der Waals surface area contributed by atoms with Gasteiger partial charge in [0.1, 0.15) is 11.9 Å².